The number of allylic oxidation sites excluding steroid dienone is 2. The van der Waals surface area contributed by atoms with Crippen LogP contribution in [0.3, 0.4) is 0 Å². The quantitative estimate of drug-likeness (QED) is 0.874. The molecule has 1 aromatic carbocycles. The molecule has 1 N–H and O–H groups in total. The molecule has 1 aromatic heterocycles. The summed E-state index contributed by atoms with van der Waals surface area (Å²) in [5.74, 6) is 2.38. The molecule has 2 bridgehead atoms. The molecule has 1 saturated carbocycles. The van der Waals surface area contributed by atoms with Crippen molar-refractivity contribution < 1.29 is 0 Å². The summed E-state index contributed by atoms with van der Waals surface area (Å²) in [4.78, 5) is 1.63. The molecule has 2 aliphatic rings. The molecule has 4 nitrogen and oxygen atoms in total. The van der Waals surface area contributed by atoms with E-state index in [9.17, 15) is 0 Å². The summed E-state index contributed by atoms with van der Waals surface area (Å²) < 4.78 is 0. The van der Waals surface area contributed by atoms with Crippen LogP contribution in [0.2, 0.25) is 0 Å². The number of fused-ring (bicyclic) bond motifs is 2. The molecule has 0 saturated heterocycles. The van der Waals surface area contributed by atoms with Gasteiger partial charge in [-0.05, 0) is 61.8 Å². The molecule has 4 atom stereocenters. The first-order chi connectivity index (χ1) is 10.3. The number of benzene rings is 1. The SMILES string of the molecule is CC(Nc1ccc(-n2nccn2)cc1)C1CC2C=CC1C2. The monoisotopic (exact) mass is 280 g/mol. The van der Waals surface area contributed by atoms with E-state index in [0.717, 1.165) is 23.4 Å². The fraction of sp³-hybridized carbons (Fsp3) is 0.412. The Morgan fingerprint density at radius 2 is 1.86 bits per heavy atom. The zero-order chi connectivity index (χ0) is 14.2. The third kappa shape index (κ3) is 2.35. The lowest BCUT2D eigenvalue weighted by atomic mass is 9.87. The number of anilines is 1. The molecule has 2 aliphatic carbocycles. The van der Waals surface area contributed by atoms with E-state index < -0.39 is 0 Å². The number of rotatable bonds is 4. The molecule has 1 fully saturated rings. The van der Waals surface area contributed by atoms with Crippen LogP contribution >= 0.6 is 0 Å². The minimum Gasteiger partial charge on any atom is -0.382 e. The van der Waals surface area contributed by atoms with Gasteiger partial charge >= 0.3 is 0 Å². The number of hydrogen-bond donors (Lipinski definition) is 1. The van der Waals surface area contributed by atoms with Crippen molar-refractivity contribution >= 4 is 5.69 Å². The van der Waals surface area contributed by atoms with Crippen molar-refractivity contribution in [2.45, 2.75) is 25.8 Å². The zero-order valence-electron chi connectivity index (χ0n) is 12.2. The average molecular weight is 280 g/mol. The van der Waals surface area contributed by atoms with E-state index in [1.165, 1.54) is 18.5 Å². The van der Waals surface area contributed by atoms with E-state index >= 15 is 0 Å². The Labute approximate surface area is 124 Å². The van der Waals surface area contributed by atoms with Crippen molar-refractivity contribution in [1.29, 1.82) is 0 Å². The second-order valence-electron chi connectivity index (χ2n) is 6.24. The normalized spacial score (nSPS) is 28.0. The van der Waals surface area contributed by atoms with Crippen LogP contribution in [-0.4, -0.2) is 21.0 Å². The van der Waals surface area contributed by atoms with Gasteiger partial charge in [-0.25, -0.2) is 0 Å². The topological polar surface area (TPSA) is 42.7 Å². The van der Waals surface area contributed by atoms with Gasteiger partial charge in [0.05, 0.1) is 18.1 Å². The largest absolute Gasteiger partial charge is 0.382 e. The maximum absolute atomic E-state index is 4.14. The highest BCUT2D eigenvalue weighted by molar-refractivity contribution is 5.49. The van der Waals surface area contributed by atoms with E-state index in [0.29, 0.717) is 6.04 Å². The lowest BCUT2D eigenvalue weighted by Crippen LogP contribution is -2.28. The van der Waals surface area contributed by atoms with Crippen molar-refractivity contribution in [2.75, 3.05) is 5.32 Å². The molecule has 0 aliphatic heterocycles. The lowest BCUT2D eigenvalue weighted by Gasteiger charge is -2.27. The zero-order valence-corrected chi connectivity index (χ0v) is 12.2. The number of hydrogen-bond acceptors (Lipinski definition) is 3. The van der Waals surface area contributed by atoms with Crippen molar-refractivity contribution in [2.24, 2.45) is 17.8 Å². The van der Waals surface area contributed by atoms with Gasteiger partial charge in [-0.3, -0.25) is 0 Å². The van der Waals surface area contributed by atoms with Gasteiger partial charge in [-0.15, -0.1) is 0 Å². The van der Waals surface area contributed by atoms with Crippen molar-refractivity contribution in [3.8, 4) is 5.69 Å². The van der Waals surface area contributed by atoms with Crippen LogP contribution in [0.4, 0.5) is 5.69 Å². The summed E-state index contributed by atoms with van der Waals surface area (Å²) >= 11 is 0. The molecule has 0 spiro atoms. The van der Waals surface area contributed by atoms with Gasteiger partial charge in [0.25, 0.3) is 0 Å². The van der Waals surface area contributed by atoms with Gasteiger partial charge in [0.2, 0.25) is 0 Å². The molecular weight excluding hydrogens is 260 g/mol. The lowest BCUT2D eigenvalue weighted by molar-refractivity contribution is 0.400. The maximum atomic E-state index is 4.14. The summed E-state index contributed by atoms with van der Waals surface area (Å²) in [5, 5.41) is 11.9. The van der Waals surface area contributed by atoms with E-state index in [2.05, 4.69) is 58.9 Å². The Balaban J connectivity index is 1.44. The molecular formula is C17H20N4. The van der Waals surface area contributed by atoms with Crippen LogP contribution in [0.25, 0.3) is 5.69 Å². The molecule has 0 amide bonds. The molecule has 4 heteroatoms. The fourth-order valence-corrected chi connectivity index (χ4v) is 3.81. The van der Waals surface area contributed by atoms with Gasteiger partial charge in [0, 0.05) is 11.7 Å². The van der Waals surface area contributed by atoms with Gasteiger partial charge in [0.1, 0.15) is 0 Å². The summed E-state index contributed by atoms with van der Waals surface area (Å²) in [5.41, 5.74) is 2.16. The Bertz CT molecular complexity index is 629. The predicted molar refractivity (Wildman–Crippen MR) is 83.3 cm³/mol. The first-order valence-corrected chi connectivity index (χ1v) is 7.71. The van der Waals surface area contributed by atoms with Gasteiger partial charge in [0.15, 0.2) is 0 Å². The molecule has 0 radical (unpaired) electrons. The Hall–Kier alpha value is -2.10. The van der Waals surface area contributed by atoms with Crippen LogP contribution in [0.5, 0.6) is 0 Å². The van der Waals surface area contributed by atoms with Gasteiger partial charge in [-0.1, -0.05) is 12.2 Å². The molecule has 4 unspecified atom stereocenters. The fourth-order valence-electron chi connectivity index (χ4n) is 3.81. The summed E-state index contributed by atoms with van der Waals surface area (Å²) in [6.07, 6.45) is 10.9. The first kappa shape index (κ1) is 12.6. The van der Waals surface area contributed by atoms with Crippen molar-refractivity contribution in [3.63, 3.8) is 0 Å². The summed E-state index contributed by atoms with van der Waals surface area (Å²) in [7, 11) is 0. The average Bonchev–Trinajstić information content (AvgIpc) is 3.25. The number of nitrogens with one attached hydrogen (secondary N) is 1. The minimum atomic E-state index is 0.513. The molecule has 2 aromatic rings. The second kappa shape index (κ2) is 5.02. The van der Waals surface area contributed by atoms with Gasteiger partial charge < -0.3 is 5.32 Å². The highest BCUT2D eigenvalue weighted by Crippen LogP contribution is 2.45. The minimum absolute atomic E-state index is 0.513. The van der Waals surface area contributed by atoms with Crippen LogP contribution in [0, 0.1) is 17.8 Å². The smallest absolute Gasteiger partial charge is 0.0858 e. The third-order valence-electron chi connectivity index (χ3n) is 4.88. The highest BCUT2D eigenvalue weighted by atomic mass is 15.5. The molecule has 108 valence electrons. The predicted octanol–water partition coefficient (Wildman–Crippen LogP) is 3.28. The third-order valence-corrected chi connectivity index (χ3v) is 4.88. The Kier molecular flexibility index (Phi) is 3.02. The van der Waals surface area contributed by atoms with E-state index in [1.807, 2.05) is 0 Å². The van der Waals surface area contributed by atoms with Crippen LogP contribution in [0.1, 0.15) is 19.8 Å². The highest BCUT2D eigenvalue weighted by Gasteiger charge is 2.38. The first-order valence-electron chi connectivity index (χ1n) is 7.71. The molecule has 21 heavy (non-hydrogen) atoms. The summed E-state index contributed by atoms with van der Waals surface area (Å²) in [6.45, 7) is 2.31. The van der Waals surface area contributed by atoms with E-state index in [1.54, 1.807) is 17.2 Å². The number of nitrogens with zero attached hydrogens (tertiary/aromatic N) is 3. The van der Waals surface area contributed by atoms with Crippen LogP contribution in [-0.2, 0) is 0 Å². The van der Waals surface area contributed by atoms with E-state index in [-0.39, 0.29) is 0 Å². The van der Waals surface area contributed by atoms with Crippen LogP contribution in [0.15, 0.2) is 48.8 Å². The standard InChI is InChI=1S/C17H20N4/c1-12(17-11-13-2-3-14(17)10-13)20-15-4-6-16(7-5-15)21-18-8-9-19-21/h2-9,12-14,17,20H,10-11H2,1H3. The van der Waals surface area contributed by atoms with E-state index in [4.69, 9.17) is 0 Å². The Morgan fingerprint density at radius 1 is 1.10 bits per heavy atom. The molecule has 4 rings (SSSR count). The van der Waals surface area contributed by atoms with Crippen molar-refractivity contribution in [1.82, 2.24) is 15.0 Å². The number of aromatic nitrogens is 3. The van der Waals surface area contributed by atoms with Crippen molar-refractivity contribution in [3.05, 3.63) is 48.8 Å². The molecule has 1 heterocycles. The maximum Gasteiger partial charge on any atom is 0.0858 e. The Morgan fingerprint density at radius 3 is 2.48 bits per heavy atom. The summed E-state index contributed by atoms with van der Waals surface area (Å²) in [6, 6.07) is 8.83. The van der Waals surface area contributed by atoms with Gasteiger partial charge in [-0.2, -0.15) is 15.0 Å². The second-order valence-corrected chi connectivity index (χ2v) is 6.24. The van der Waals surface area contributed by atoms with Crippen LogP contribution < -0.4 is 5.32 Å².